The Morgan fingerprint density at radius 2 is 2.14 bits per heavy atom. The maximum Gasteiger partial charge on any atom is 0.324 e. The van der Waals surface area contributed by atoms with E-state index in [2.05, 4.69) is 45.6 Å². The molecule has 1 aliphatic rings. The van der Waals surface area contributed by atoms with E-state index in [9.17, 15) is 4.39 Å². The maximum absolute atomic E-state index is 13.9. The molecule has 1 saturated heterocycles. The third-order valence-electron chi connectivity index (χ3n) is 5.17. The number of likely N-dealkylation sites (N-methyl/N-ethyl adjacent to an activating group) is 1. The molecule has 1 aliphatic heterocycles. The summed E-state index contributed by atoms with van der Waals surface area (Å²) >= 11 is 1.36. The van der Waals surface area contributed by atoms with Gasteiger partial charge < -0.3 is 18.9 Å². The third-order valence-corrected chi connectivity index (χ3v) is 5.60. The van der Waals surface area contributed by atoms with Crippen LogP contribution in [0, 0.1) is 5.82 Å². The fourth-order valence-corrected chi connectivity index (χ4v) is 3.74. The average Bonchev–Trinajstić information content (AvgIpc) is 3.21. The molecule has 29 heavy (non-hydrogen) atoms. The van der Waals surface area contributed by atoms with Crippen LogP contribution in [0.3, 0.4) is 0 Å². The number of anilines is 2. The van der Waals surface area contributed by atoms with Crippen molar-refractivity contribution in [3.8, 4) is 5.75 Å². The standard InChI is InChI=1S/C20H30FN5O2S/c1-14(2)19-22-20(28-23-19)26-9-7-15(8-10-26)25(3)11-12-27-16-5-6-18(24-29-4)17(21)13-16/h5-6,13-15,24H,7-12H2,1-4H3. The number of hydrogen-bond acceptors (Lipinski definition) is 8. The van der Waals surface area contributed by atoms with Crippen molar-refractivity contribution in [2.45, 2.75) is 38.6 Å². The molecule has 2 heterocycles. The van der Waals surface area contributed by atoms with Gasteiger partial charge in [0.25, 0.3) is 0 Å². The lowest BCUT2D eigenvalue weighted by atomic mass is 10.0. The van der Waals surface area contributed by atoms with Crippen LogP contribution in [-0.4, -0.2) is 60.6 Å². The summed E-state index contributed by atoms with van der Waals surface area (Å²) in [7, 11) is 2.11. The number of nitrogens with zero attached hydrogens (tertiary/aromatic N) is 4. The zero-order valence-electron chi connectivity index (χ0n) is 17.5. The van der Waals surface area contributed by atoms with E-state index in [4.69, 9.17) is 9.26 Å². The maximum atomic E-state index is 13.9. The summed E-state index contributed by atoms with van der Waals surface area (Å²) in [6.45, 7) is 7.21. The normalized spacial score (nSPS) is 15.3. The molecule has 9 heteroatoms. The molecule has 0 unspecified atom stereocenters. The van der Waals surface area contributed by atoms with Gasteiger partial charge in [0.15, 0.2) is 11.6 Å². The van der Waals surface area contributed by atoms with Gasteiger partial charge in [-0.25, -0.2) is 4.39 Å². The van der Waals surface area contributed by atoms with Crippen LogP contribution in [0.15, 0.2) is 22.7 Å². The molecular formula is C20H30FN5O2S. The van der Waals surface area contributed by atoms with Crippen molar-refractivity contribution in [3.05, 3.63) is 29.8 Å². The van der Waals surface area contributed by atoms with E-state index in [1.165, 1.54) is 18.0 Å². The minimum Gasteiger partial charge on any atom is -0.492 e. The first-order valence-electron chi connectivity index (χ1n) is 9.98. The molecule has 1 aromatic carbocycles. The molecule has 2 aromatic rings. The first-order valence-corrected chi connectivity index (χ1v) is 11.2. The van der Waals surface area contributed by atoms with E-state index >= 15 is 0 Å². The number of rotatable bonds is 9. The van der Waals surface area contributed by atoms with Crippen molar-refractivity contribution in [1.82, 2.24) is 15.0 Å². The second-order valence-electron chi connectivity index (χ2n) is 7.58. The molecule has 1 fully saturated rings. The number of hydrogen-bond donors (Lipinski definition) is 1. The predicted octanol–water partition coefficient (Wildman–Crippen LogP) is 4.00. The van der Waals surface area contributed by atoms with Gasteiger partial charge in [0.05, 0.1) is 5.69 Å². The minimum absolute atomic E-state index is 0.266. The highest BCUT2D eigenvalue weighted by Gasteiger charge is 2.25. The van der Waals surface area contributed by atoms with Crippen LogP contribution in [0.2, 0.25) is 0 Å². The van der Waals surface area contributed by atoms with Gasteiger partial charge in [0.1, 0.15) is 12.4 Å². The summed E-state index contributed by atoms with van der Waals surface area (Å²) in [5.74, 6) is 1.27. The van der Waals surface area contributed by atoms with Crippen LogP contribution in [0.4, 0.5) is 16.1 Å². The number of aromatic nitrogens is 2. The molecule has 0 bridgehead atoms. The first kappa shape index (κ1) is 21.7. The number of benzene rings is 1. The second-order valence-corrected chi connectivity index (χ2v) is 8.20. The summed E-state index contributed by atoms with van der Waals surface area (Å²) in [5.41, 5.74) is 0.468. The Hall–Kier alpha value is -2.00. The Bertz CT molecular complexity index is 780. The van der Waals surface area contributed by atoms with Crippen molar-refractivity contribution in [2.24, 2.45) is 0 Å². The van der Waals surface area contributed by atoms with Gasteiger partial charge in [-0.15, -0.1) is 0 Å². The van der Waals surface area contributed by atoms with Gasteiger partial charge in [-0.3, -0.25) is 4.90 Å². The fourth-order valence-electron chi connectivity index (χ4n) is 3.36. The molecule has 7 nitrogen and oxygen atoms in total. The van der Waals surface area contributed by atoms with Gasteiger partial charge in [0, 0.05) is 43.9 Å². The SMILES string of the molecule is CSNc1ccc(OCCN(C)C2CCN(c3nc(C(C)C)no3)CC2)cc1F. The first-order chi connectivity index (χ1) is 14.0. The van der Waals surface area contributed by atoms with E-state index in [0.717, 1.165) is 38.3 Å². The Kier molecular flexibility index (Phi) is 7.60. The quantitative estimate of drug-likeness (QED) is 0.607. The summed E-state index contributed by atoms with van der Waals surface area (Å²) in [6, 6.07) is 6.01. The molecule has 3 rings (SSSR count). The predicted molar refractivity (Wildman–Crippen MR) is 115 cm³/mol. The highest BCUT2D eigenvalue weighted by Crippen LogP contribution is 2.24. The molecular weight excluding hydrogens is 393 g/mol. The Morgan fingerprint density at radius 3 is 2.76 bits per heavy atom. The lowest BCUT2D eigenvalue weighted by Crippen LogP contribution is -2.44. The lowest BCUT2D eigenvalue weighted by molar-refractivity contribution is 0.169. The third kappa shape index (κ3) is 5.76. The van der Waals surface area contributed by atoms with E-state index in [0.29, 0.717) is 30.1 Å². The van der Waals surface area contributed by atoms with Crippen LogP contribution in [0.25, 0.3) is 0 Å². The van der Waals surface area contributed by atoms with Crippen LogP contribution in [-0.2, 0) is 0 Å². The Labute approximate surface area is 176 Å². The van der Waals surface area contributed by atoms with E-state index in [1.54, 1.807) is 12.1 Å². The molecule has 1 N–H and O–H groups in total. The lowest BCUT2D eigenvalue weighted by Gasteiger charge is -2.35. The van der Waals surface area contributed by atoms with E-state index < -0.39 is 0 Å². The largest absolute Gasteiger partial charge is 0.492 e. The van der Waals surface area contributed by atoms with Crippen LogP contribution < -0.4 is 14.4 Å². The van der Waals surface area contributed by atoms with Gasteiger partial charge in [-0.2, -0.15) is 4.98 Å². The smallest absolute Gasteiger partial charge is 0.324 e. The number of piperidine rings is 1. The second kappa shape index (κ2) is 10.2. The van der Waals surface area contributed by atoms with Crippen LogP contribution in [0.5, 0.6) is 5.75 Å². The van der Waals surface area contributed by atoms with Gasteiger partial charge in [-0.05, 0) is 32.0 Å². The minimum atomic E-state index is -0.306. The zero-order valence-corrected chi connectivity index (χ0v) is 18.3. The molecule has 0 spiro atoms. The van der Waals surface area contributed by atoms with Crippen LogP contribution >= 0.6 is 11.9 Å². The van der Waals surface area contributed by atoms with Crippen molar-refractivity contribution < 1.29 is 13.7 Å². The summed E-state index contributed by atoms with van der Waals surface area (Å²) < 4.78 is 28.0. The summed E-state index contributed by atoms with van der Waals surface area (Å²) in [6.07, 6.45) is 3.91. The molecule has 1 aromatic heterocycles. The number of nitrogens with one attached hydrogen (secondary N) is 1. The van der Waals surface area contributed by atoms with Crippen molar-refractivity contribution >= 4 is 23.6 Å². The molecule has 0 saturated carbocycles. The summed E-state index contributed by atoms with van der Waals surface area (Å²) in [5, 5.41) is 4.05. The number of halogens is 1. The molecule has 0 atom stereocenters. The molecule has 0 amide bonds. The average molecular weight is 424 g/mol. The van der Waals surface area contributed by atoms with Gasteiger partial charge in [-0.1, -0.05) is 31.0 Å². The monoisotopic (exact) mass is 423 g/mol. The summed E-state index contributed by atoms with van der Waals surface area (Å²) in [4.78, 5) is 8.96. The Balaban J connectivity index is 1.41. The van der Waals surface area contributed by atoms with Crippen molar-refractivity contribution in [3.63, 3.8) is 0 Å². The molecule has 160 valence electrons. The van der Waals surface area contributed by atoms with Crippen molar-refractivity contribution in [2.75, 3.05) is 49.2 Å². The van der Waals surface area contributed by atoms with Crippen LogP contribution in [0.1, 0.15) is 38.4 Å². The van der Waals surface area contributed by atoms with Gasteiger partial charge >= 0.3 is 6.01 Å². The van der Waals surface area contributed by atoms with E-state index in [-0.39, 0.29) is 11.7 Å². The fraction of sp³-hybridized carbons (Fsp3) is 0.600. The zero-order chi connectivity index (χ0) is 20.8. The molecule has 0 aliphatic carbocycles. The Morgan fingerprint density at radius 1 is 1.38 bits per heavy atom. The van der Waals surface area contributed by atoms with E-state index in [1.807, 2.05) is 6.26 Å². The molecule has 0 radical (unpaired) electrons. The number of ether oxygens (including phenoxy) is 1. The highest BCUT2D eigenvalue weighted by molar-refractivity contribution is 7.99. The topological polar surface area (TPSA) is 66.7 Å². The van der Waals surface area contributed by atoms with Crippen molar-refractivity contribution in [1.29, 1.82) is 0 Å². The highest BCUT2D eigenvalue weighted by atomic mass is 32.2. The van der Waals surface area contributed by atoms with Gasteiger partial charge in [0.2, 0.25) is 0 Å².